The van der Waals surface area contributed by atoms with E-state index in [1.54, 1.807) is 0 Å². The average molecular weight is 650 g/mol. The van der Waals surface area contributed by atoms with Gasteiger partial charge in [-0.25, -0.2) is 14.4 Å². The maximum absolute atomic E-state index is 15.7. The second-order valence-electron chi connectivity index (χ2n) is 9.87. The van der Waals surface area contributed by atoms with Gasteiger partial charge in [0.2, 0.25) is 12.2 Å². The van der Waals surface area contributed by atoms with Crippen LogP contribution in [0.25, 0.3) is 22.3 Å². The molecule has 7 rings (SSSR count). The predicted octanol–water partition coefficient (Wildman–Crippen LogP) is -2.28. The number of aromatic nitrogens is 9. The summed E-state index contributed by atoms with van der Waals surface area (Å²) in [5, 5.41) is 27.4. The highest BCUT2D eigenvalue weighted by molar-refractivity contribution is 8.07. The molecule has 230 valence electrons. The van der Waals surface area contributed by atoms with Crippen LogP contribution in [0, 0.1) is 0 Å². The zero-order chi connectivity index (χ0) is 30.6. The monoisotopic (exact) mass is 650 g/mol. The Morgan fingerprint density at radius 3 is 2.67 bits per heavy atom. The van der Waals surface area contributed by atoms with Gasteiger partial charge in [-0.05, 0) is 11.8 Å². The van der Waals surface area contributed by atoms with Crippen molar-refractivity contribution in [3.05, 3.63) is 33.4 Å². The van der Waals surface area contributed by atoms with Gasteiger partial charge < -0.3 is 39.8 Å². The Balaban J connectivity index is 1.11. The number of hydrogen-bond acceptors (Lipinski definition) is 15. The Hall–Kier alpha value is -3.41. The molecular formula is C19H18F3N10O9PS. The van der Waals surface area contributed by atoms with E-state index in [0.717, 1.165) is 17.2 Å². The van der Waals surface area contributed by atoms with Gasteiger partial charge in [0, 0.05) is 0 Å². The number of anilines is 1. The zero-order valence-electron chi connectivity index (χ0n) is 20.9. The number of ether oxygens (including phenoxy) is 2. The molecule has 3 fully saturated rings. The summed E-state index contributed by atoms with van der Waals surface area (Å²) in [5.74, 6) is -4.32. The van der Waals surface area contributed by atoms with Crippen LogP contribution in [0.15, 0.2) is 22.2 Å². The Labute approximate surface area is 238 Å². The van der Waals surface area contributed by atoms with Crippen molar-refractivity contribution in [3.63, 3.8) is 0 Å². The quantitative estimate of drug-likeness (QED) is 0.115. The predicted molar refractivity (Wildman–Crippen MR) is 134 cm³/mol. The van der Waals surface area contributed by atoms with Gasteiger partial charge in [0.15, 0.2) is 46.4 Å². The highest BCUT2D eigenvalue weighted by atomic mass is 32.5. The molecule has 0 spiro atoms. The van der Waals surface area contributed by atoms with Crippen molar-refractivity contribution in [1.29, 1.82) is 0 Å². The van der Waals surface area contributed by atoms with E-state index < -0.39 is 79.0 Å². The average Bonchev–Trinajstić information content (AvgIpc) is 3.45. The lowest BCUT2D eigenvalue weighted by Crippen LogP contribution is -2.40. The van der Waals surface area contributed by atoms with Crippen LogP contribution >= 0.6 is 6.72 Å². The molecule has 9 atom stereocenters. The number of aromatic amines is 2. The number of nitrogen functional groups attached to an aromatic ring is 1. The lowest BCUT2D eigenvalue weighted by Gasteiger charge is -2.29. The van der Waals surface area contributed by atoms with E-state index in [9.17, 15) is 24.7 Å². The summed E-state index contributed by atoms with van der Waals surface area (Å²) < 4.78 is 68.7. The molecule has 6 heterocycles. The summed E-state index contributed by atoms with van der Waals surface area (Å²) in [4.78, 5) is 50.9. The number of H-pyrrole nitrogens is 2. The molecule has 3 unspecified atom stereocenters. The molecule has 0 aromatic carbocycles. The number of halogens is 3. The molecule has 0 amide bonds. The Morgan fingerprint density at radius 1 is 1.14 bits per heavy atom. The summed E-state index contributed by atoms with van der Waals surface area (Å²) in [6.45, 7) is -5.54. The van der Waals surface area contributed by atoms with Gasteiger partial charge in [-0.1, -0.05) is 5.21 Å². The third-order valence-electron chi connectivity index (χ3n) is 7.29. The summed E-state index contributed by atoms with van der Waals surface area (Å²) in [7, 11) is 0. The van der Waals surface area contributed by atoms with Gasteiger partial charge in [-0.3, -0.25) is 23.7 Å². The van der Waals surface area contributed by atoms with E-state index in [0.29, 0.717) is 4.68 Å². The number of aliphatic hydroxyl groups is 2. The number of aliphatic hydroxyl groups excluding tert-OH is 2. The van der Waals surface area contributed by atoms with Crippen molar-refractivity contribution in [2.24, 2.45) is 0 Å². The Kier molecular flexibility index (Phi) is 6.13. The third kappa shape index (κ3) is 4.15. The normalized spacial score (nSPS) is 34.5. The van der Waals surface area contributed by atoms with E-state index in [1.807, 2.05) is 0 Å². The van der Waals surface area contributed by atoms with Gasteiger partial charge in [-0.15, -0.1) is 5.10 Å². The van der Waals surface area contributed by atoms with Crippen LogP contribution in [0.4, 0.5) is 19.1 Å². The van der Waals surface area contributed by atoms with E-state index in [4.69, 9.17) is 36.1 Å². The highest BCUT2D eigenvalue weighted by Gasteiger charge is 2.80. The lowest BCUT2D eigenvalue weighted by atomic mass is 10.1. The van der Waals surface area contributed by atoms with Crippen molar-refractivity contribution in [1.82, 2.24) is 44.5 Å². The van der Waals surface area contributed by atoms with Crippen LogP contribution in [0.3, 0.4) is 0 Å². The number of nitrogens with two attached hydrogens (primary N) is 1. The van der Waals surface area contributed by atoms with Crippen LogP contribution in [0.1, 0.15) is 12.5 Å². The van der Waals surface area contributed by atoms with Crippen molar-refractivity contribution in [2.75, 3.05) is 12.3 Å². The highest BCUT2D eigenvalue weighted by Crippen LogP contribution is 2.62. The number of alkyl halides is 3. The molecule has 0 radical (unpaired) electrons. The van der Waals surface area contributed by atoms with Gasteiger partial charge in [0.05, 0.1) is 19.3 Å². The fourth-order valence-corrected chi connectivity index (χ4v) is 6.51. The minimum atomic E-state index is -4.56. The zero-order valence-corrected chi connectivity index (χ0v) is 22.6. The van der Waals surface area contributed by atoms with E-state index in [-0.39, 0.29) is 28.3 Å². The van der Waals surface area contributed by atoms with E-state index >= 15 is 13.2 Å². The number of hydrogen-bond donors (Lipinski definition) is 6. The maximum Gasteiger partial charge on any atom is 0.325 e. The van der Waals surface area contributed by atoms with Crippen molar-refractivity contribution in [2.45, 2.75) is 54.6 Å². The minimum Gasteiger partial charge on any atom is -0.387 e. The SMILES string of the molecule is Nc1nc2c(ncn2[C@@H]2O[C@@H]3C(O)[C@]3(F)C2OP(O)(=S)OC[C@H]2O[C@@H](n3nnc4c(=O)[nH]cnc43)C(F)(F)[C@@H]2O)c(=O)[nH]1. The molecule has 0 bridgehead atoms. The first-order valence-electron chi connectivity index (χ1n) is 12.1. The molecule has 43 heavy (non-hydrogen) atoms. The van der Waals surface area contributed by atoms with Gasteiger partial charge in [0.1, 0.15) is 18.3 Å². The van der Waals surface area contributed by atoms with Gasteiger partial charge in [0.25, 0.3) is 11.1 Å². The van der Waals surface area contributed by atoms with E-state index in [1.165, 1.54) is 0 Å². The first-order valence-corrected chi connectivity index (χ1v) is 14.7. The molecular weight excluding hydrogens is 632 g/mol. The van der Waals surface area contributed by atoms with Crippen LogP contribution in [-0.4, -0.2) is 108 Å². The van der Waals surface area contributed by atoms with Crippen molar-refractivity contribution < 1.29 is 46.8 Å². The third-order valence-corrected chi connectivity index (χ3v) is 8.83. The number of nitrogens with one attached hydrogen (secondary N) is 2. The van der Waals surface area contributed by atoms with Crippen LogP contribution in [-0.2, 0) is 30.3 Å². The van der Waals surface area contributed by atoms with Gasteiger partial charge in [-0.2, -0.15) is 18.4 Å². The topological polar surface area (TPSA) is 264 Å². The fraction of sp³-hybridized carbons (Fsp3) is 0.526. The van der Waals surface area contributed by atoms with Crippen LogP contribution in [0.2, 0.25) is 0 Å². The lowest BCUT2D eigenvalue weighted by molar-refractivity contribution is -0.142. The van der Waals surface area contributed by atoms with Gasteiger partial charge >= 0.3 is 12.6 Å². The van der Waals surface area contributed by atoms with Crippen molar-refractivity contribution >= 4 is 46.8 Å². The molecule has 7 N–H and O–H groups in total. The molecule has 3 aliphatic rings. The minimum absolute atomic E-state index is 0.140. The second-order valence-corrected chi connectivity index (χ2v) is 12.7. The summed E-state index contributed by atoms with van der Waals surface area (Å²) in [5.41, 5.74) is 0.490. The first-order chi connectivity index (χ1) is 20.2. The number of rotatable bonds is 7. The molecule has 4 aromatic heterocycles. The summed E-state index contributed by atoms with van der Waals surface area (Å²) >= 11 is 4.98. The maximum atomic E-state index is 15.7. The second kappa shape index (κ2) is 9.30. The smallest absolute Gasteiger partial charge is 0.325 e. The molecule has 1 saturated carbocycles. The summed E-state index contributed by atoms with van der Waals surface area (Å²) in [6, 6.07) is 0. The summed E-state index contributed by atoms with van der Waals surface area (Å²) in [6.07, 6.45) is -11.1. The number of imidazole rings is 1. The fourth-order valence-electron chi connectivity index (χ4n) is 5.10. The molecule has 4 aromatic rings. The van der Waals surface area contributed by atoms with Crippen LogP contribution in [0.5, 0.6) is 0 Å². The van der Waals surface area contributed by atoms with Crippen molar-refractivity contribution in [3.8, 4) is 0 Å². The molecule has 2 aliphatic heterocycles. The molecule has 24 heteroatoms. The Bertz CT molecular complexity index is 1940. The largest absolute Gasteiger partial charge is 0.387 e. The standard InChI is InChI=1S/C19H18F3N10O9PS/c20-18-8(34)9(18)40-15(31-3-26-5-12(31)27-17(23)28-14(5)36)10(18)41-42(37,43)38-1-4-7(33)19(21,22)16(39-4)32-11-6(29-30-32)13(35)25-2-24-11/h2-4,7-10,15-16,33-34H,1H2,(H,37,43)(H,24,25,35)(H3,23,27,28,36)/t4-,7-,8?,9-,10?,15-,16-,18-,42?/m1/s1. The first kappa shape index (κ1) is 28.4. The van der Waals surface area contributed by atoms with Crippen LogP contribution < -0.4 is 16.9 Å². The Morgan fingerprint density at radius 2 is 1.91 bits per heavy atom. The molecule has 2 saturated heterocycles. The molecule has 19 nitrogen and oxygen atoms in total. The number of fused-ring (bicyclic) bond motifs is 3. The van der Waals surface area contributed by atoms with E-state index in [2.05, 4.69) is 35.2 Å². The number of nitrogens with zero attached hydrogens (tertiary/aromatic N) is 7. The molecule has 1 aliphatic carbocycles.